The molecule has 6 nitrogen and oxygen atoms in total. The third kappa shape index (κ3) is 3.51. The molecule has 2 amide bonds. The van der Waals surface area contributed by atoms with Crippen LogP contribution in [0.15, 0.2) is 48.7 Å². The summed E-state index contributed by atoms with van der Waals surface area (Å²) in [5, 5.41) is 2.93. The van der Waals surface area contributed by atoms with Crippen molar-refractivity contribution in [3.8, 4) is 11.5 Å². The van der Waals surface area contributed by atoms with Crippen LogP contribution < -0.4 is 14.8 Å². The van der Waals surface area contributed by atoms with Crippen LogP contribution in [-0.4, -0.2) is 23.5 Å². The maximum atomic E-state index is 12.6. The van der Waals surface area contributed by atoms with Gasteiger partial charge in [0.15, 0.2) is 11.5 Å². The molecule has 0 bridgehead atoms. The normalized spacial score (nSPS) is 16.8. The number of nitrogens with one attached hydrogen (secondary N) is 1. The van der Waals surface area contributed by atoms with Gasteiger partial charge in [-0.15, -0.1) is 0 Å². The molecular formula is C21H20N2O4. The van der Waals surface area contributed by atoms with E-state index in [4.69, 9.17) is 9.47 Å². The fourth-order valence-corrected chi connectivity index (χ4v) is 3.41. The molecule has 0 saturated carbocycles. The molecule has 1 atom stereocenters. The Balaban J connectivity index is 1.44. The Bertz CT molecular complexity index is 922. The number of ether oxygens (including phenoxy) is 2. The predicted octanol–water partition coefficient (Wildman–Crippen LogP) is 3.00. The molecule has 2 aromatic carbocycles. The first-order chi connectivity index (χ1) is 13.1. The summed E-state index contributed by atoms with van der Waals surface area (Å²) >= 11 is 0. The summed E-state index contributed by atoms with van der Waals surface area (Å²) in [5.41, 5.74) is 2.94. The number of fused-ring (bicyclic) bond motifs is 2. The number of carbonyl (C=O) groups excluding carboxylic acids is 2. The van der Waals surface area contributed by atoms with E-state index in [-0.39, 0.29) is 31.1 Å². The summed E-state index contributed by atoms with van der Waals surface area (Å²) in [7, 11) is 0. The Morgan fingerprint density at radius 3 is 2.81 bits per heavy atom. The Hall–Kier alpha value is -3.28. The Labute approximate surface area is 157 Å². The van der Waals surface area contributed by atoms with Crippen molar-refractivity contribution < 1.29 is 19.1 Å². The molecule has 2 aliphatic heterocycles. The maximum Gasteiger partial charge on any atom is 0.231 e. The van der Waals surface area contributed by atoms with Crippen LogP contribution in [0.5, 0.6) is 11.5 Å². The topological polar surface area (TPSA) is 67.9 Å². The number of rotatable bonds is 4. The smallest absolute Gasteiger partial charge is 0.231 e. The van der Waals surface area contributed by atoms with Gasteiger partial charge in [-0.2, -0.15) is 0 Å². The van der Waals surface area contributed by atoms with Crippen molar-refractivity contribution in [2.24, 2.45) is 0 Å². The second-order valence-electron chi connectivity index (χ2n) is 6.56. The van der Waals surface area contributed by atoms with Crippen molar-refractivity contribution in [3.63, 3.8) is 0 Å². The molecule has 2 aromatic rings. The van der Waals surface area contributed by atoms with E-state index < -0.39 is 0 Å². The SMILES string of the molecule is CC(=O)N1C=Cc2ccccc2[C@@H]1CC(=O)NCc1ccc2c(c1)OCO2. The van der Waals surface area contributed by atoms with Gasteiger partial charge in [0.2, 0.25) is 18.6 Å². The zero-order valence-electron chi connectivity index (χ0n) is 15.0. The quantitative estimate of drug-likeness (QED) is 0.906. The maximum absolute atomic E-state index is 12.6. The van der Waals surface area contributed by atoms with Crippen molar-refractivity contribution in [1.82, 2.24) is 10.2 Å². The molecule has 1 N–H and O–H groups in total. The zero-order chi connectivity index (χ0) is 18.8. The molecule has 0 aliphatic carbocycles. The summed E-state index contributed by atoms with van der Waals surface area (Å²) < 4.78 is 10.7. The van der Waals surface area contributed by atoms with Crippen molar-refractivity contribution in [1.29, 1.82) is 0 Å². The molecule has 0 radical (unpaired) electrons. The standard InChI is InChI=1S/C21H20N2O4/c1-14(24)23-9-8-16-4-2-3-5-17(16)18(23)11-21(25)22-12-15-6-7-19-20(10-15)27-13-26-19/h2-10,18H,11-13H2,1H3,(H,22,25)/t18-/m0/s1. The van der Waals surface area contributed by atoms with E-state index in [9.17, 15) is 9.59 Å². The van der Waals surface area contributed by atoms with Crippen molar-refractivity contribution in [3.05, 3.63) is 65.4 Å². The molecule has 4 rings (SSSR count). The highest BCUT2D eigenvalue weighted by Crippen LogP contribution is 2.34. The first kappa shape index (κ1) is 17.1. The van der Waals surface area contributed by atoms with Crippen molar-refractivity contribution in [2.45, 2.75) is 25.9 Å². The number of hydrogen-bond acceptors (Lipinski definition) is 4. The van der Waals surface area contributed by atoms with Gasteiger partial charge in [0.25, 0.3) is 0 Å². The molecule has 6 heteroatoms. The molecule has 0 spiro atoms. The van der Waals surface area contributed by atoms with Crippen LogP contribution >= 0.6 is 0 Å². The lowest BCUT2D eigenvalue weighted by atomic mass is 9.93. The first-order valence-corrected chi connectivity index (χ1v) is 8.83. The van der Waals surface area contributed by atoms with E-state index >= 15 is 0 Å². The van der Waals surface area contributed by atoms with Gasteiger partial charge in [0.1, 0.15) is 0 Å². The largest absolute Gasteiger partial charge is 0.454 e. The van der Waals surface area contributed by atoms with Crippen LogP contribution in [-0.2, 0) is 16.1 Å². The Morgan fingerprint density at radius 1 is 1.15 bits per heavy atom. The minimum atomic E-state index is -0.305. The van der Waals surface area contributed by atoms with Crippen LogP contribution in [0.4, 0.5) is 0 Å². The third-order valence-corrected chi connectivity index (χ3v) is 4.77. The molecule has 0 aromatic heterocycles. The minimum Gasteiger partial charge on any atom is -0.454 e. The van der Waals surface area contributed by atoms with Gasteiger partial charge in [0.05, 0.1) is 12.5 Å². The molecule has 2 aliphatic rings. The number of benzene rings is 2. The van der Waals surface area contributed by atoms with Gasteiger partial charge in [-0.05, 0) is 34.9 Å². The Kier molecular flexibility index (Phi) is 4.54. The monoisotopic (exact) mass is 364 g/mol. The first-order valence-electron chi connectivity index (χ1n) is 8.83. The summed E-state index contributed by atoms with van der Waals surface area (Å²) in [6, 6.07) is 13.1. The predicted molar refractivity (Wildman–Crippen MR) is 99.8 cm³/mol. The molecule has 0 saturated heterocycles. The van der Waals surface area contributed by atoms with Gasteiger partial charge in [-0.1, -0.05) is 30.3 Å². The van der Waals surface area contributed by atoms with E-state index in [1.54, 1.807) is 11.1 Å². The van der Waals surface area contributed by atoms with Gasteiger partial charge < -0.3 is 19.7 Å². The van der Waals surface area contributed by atoms with Crippen LogP contribution in [0.3, 0.4) is 0 Å². The van der Waals surface area contributed by atoms with Crippen LogP contribution in [0.1, 0.15) is 36.1 Å². The average molecular weight is 364 g/mol. The van der Waals surface area contributed by atoms with E-state index in [2.05, 4.69) is 5.32 Å². The van der Waals surface area contributed by atoms with Crippen LogP contribution in [0.2, 0.25) is 0 Å². The minimum absolute atomic E-state index is 0.0886. The lowest BCUT2D eigenvalue weighted by Gasteiger charge is -2.32. The van der Waals surface area contributed by atoms with Gasteiger partial charge in [-0.25, -0.2) is 0 Å². The van der Waals surface area contributed by atoms with E-state index in [0.29, 0.717) is 18.0 Å². The number of nitrogens with zero attached hydrogens (tertiary/aromatic N) is 1. The highest BCUT2D eigenvalue weighted by molar-refractivity contribution is 5.81. The van der Waals surface area contributed by atoms with Gasteiger partial charge in [-0.3, -0.25) is 9.59 Å². The van der Waals surface area contributed by atoms with Crippen molar-refractivity contribution >= 4 is 17.9 Å². The highest BCUT2D eigenvalue weighted by atomic mass is 16.7. The summed E-state index contributed by atoms with van der Waals surface area (Å²) in [5.74, 6) is 1.20. The molecule has 27 heavy (non-hydrogen) atoms. The molecule has 2 heterocycles. The van der Waals surface area contributed by atoms with E-state index in [0.717, 1.165) is 16.7 Å². The van der Waals surface area contributed by atoms with Gasteiger partial charge in [0, 0.05) is 19.7 Å². The van der Waals surface area contributed by atoms with Crippen LogP contribution in [0, 0.1) is 0 Å². The fraction of sp³-hybridized carbons (Fsp3) is 0.238. The molecular weight excluding hydrogens is 344 g/mol. The highest BCUT2D eigenvalue weighted by Gasteiger charge is 2.28. The lowest BCUT2D eigenvalue weighted by Crippen LogP contribution is -2.35. The molecule has 138 valence electrons. The number of hydrogen-bond donors (Lipinski definition) is 1. The average Bonchev–Trinajstić information content (AvgIpc) is 3.14. The second kappa shape index (κ2) is 7.15. The van der Waals surface area contributed by atoms with Crippen molar-refractivity contribution in [2.75, 3.05) is 6.79 Å². The summed E-state index contributed by atoms with van der Waals surface area (Å²) in [4.78, 5) is 26.2. The molecule has 0 fully saturated rings. The summed E-state index contributed by atoms with van der Waals surface area (Å²) in [6.07, 6.45) is 3.85. The Morgan fingerprint density at radius 2 is 1.96 bits per heavy atom. The van der Waals surface area contributed by atoms with E-state index in [1.165, 1.54) is 6.92 Å². The van der Waals surface area contributed by atoms with Gasteiger partial charge >= 0.3 is 0 Å². The van der Waals surface area contributed by atoms with Crippen LogP contribution in [0.25, 0.3) is 6.08 Å². The number of carbonyl (C=O) groups is 2. The second-order valence-corrected chi connectivity index (χ2v) is 6.56. The van der Waals surface area contributed by atoms with E-state index in [1.807, 2.05) is 48.5 Å². The summed E-state index contributed by atoms with van der Waals surface area (Å²) in [6.45, 7) is 2.12. The fourth-order valence-electron chi connectivity index (χ4n) is 3.41. The molecule has 0 unspecified atom stereocenters. The third-order valence-electron chi connectivity index (χ3n) is 4.77. The number of amides is 2. The lowest BCUT2D eigenvalue weighted by molar-refractivity contribution is -0.130. The zero-order valence-corrected chi connectivity index (χ0v) is 15.0.